The summed E-state index contributed by atoms with van der Waals surface area (Å²) < 4.78 is 4.88. The van der Waals surface area contributed by atoms with Crippen molar-refractivity contribution in [3.8, 4) is 0 Å². The first kappa shape index (κ1) is 15.8. The highest BCUT2D eigenvalue weighted by Crippen LogP contribution is 2.10. The van der Waals surface area contributed by atoms with Gasteiger partial charge in [0.1, 0.15) is 0 Å². The minimum Gasteiger partial charge on any atom is -0.462 e. The highest BCUT2D eigenvalue weighted by atomic mass is 16.5. The third-order valence-corrected chi connectivity index (χ3v) is 2.66. The van der Waals surface area contributed by atoms with Crippen LogP contribution in [0.25, 0.3) is 0 Å². The van der Waals surface area contributed by atoms with Crippen LogP contribution in [0.15, 0.2) is 36.0 Å². The van der Waals surface area contributed by atoms with Crippen molar-refractivity contribution in [1.29, 1.82) is 0 Å². The number of carbonyl (C=O) groups is 2. The maximum Gasteiger partial charge on any atom is 0.338 e. The molecule has 0 aliphatic carbocycles. The van der Waals surface area contributed by atoms with Crippen LogP contribution < -0.4 is 10.6 Å². The van der Waals surface area contributed by atoms with E-state index in [1.807, 2.05) is 13.8 Å². The third kappa shape index (κ3) is 5.14. The molecule has 5 heteroatoms. The fourth-order valence-corrected chi connectivity index (χ4v) is 1.36. The van der Waals surface area contributed by atoms with E-state index in [9.17, 15) is 9.59 Å². The fourth-order valence-electron chi connectivity index (χ4n) is 1.36. The van der Waals surface area contributed by atoms with Gasteiger partial charge in [-0.3, -0.25) is 0 Å². The van der Waals surface area contributed by atoms with Gasteiger partial charge in [0.25, 0.3) is 0 Å². The molecule has 0 saturated carbocycles. The summed E-state index contributed by atoms with van der Waals surface area (Å²) in [4.78, 5) is 23.1. The fraction of sp³-hybridized carbons (Fsp3) is 0.333. The van der Waals surface area contributed by atoms with E-state index in [-0.39, 0.29) is 12.0 Å². The summed E-state index contributed by atoms with van der Waals surface area (Å²) in [7, 11) is 0. The van der Waals surface area contributed by atoms with Gasteiger partial charge in [-0.1, -0.05) is 12.5 Å². The summed E-state index contributed by atoms with van der Waals surface area (Å²) >= 11 is 0. The SMILES string of the molecule is CCOC(=O)c1ccc(NC(=O)N/C=C(\C)CC)cc1. The third-order valence-electron chi connectivity index (χ3n) is 2.66. The lowest BCUT2D eigenvalue weighted by Crippen LogP contribution is -2.24. The summed E-state index contributed by atoms with van der Waals surface area (Å²) in [6.07, 6.45) is 2.55. The number of nitrogens with one attached hydrogen (secondary N) is 2. The first-order valence-electron chi connectivity index (χ1n) is 6.57. The number of allylic oxidation sites excluding steroid dienone is 1. The zero-order valence-electron chi connectivity index (χ0n) is 12.0. The maximum absolute atomic E-state index is 11.6. The molecule has 1 aromatic rings. The van der Waals surface area contributed by atoms with Crippen molar-refractivity contribution in [2.24, 2.45) is 0 Å². The molecule has 0 fully saturated rings. The molecule has 0 aliphatic rings. The molecule has 0 bridgehead atoms. The monoisotopic (exact) mass is 276 g/mol. The standard InChI is InChI=1S/C15H20N2O3/c1-4-11(3)10-16-15(19)17-13-8-6-12(7-9-13)14(18)20-5-2/h6-10H,4-5H2,1-3H3,(H2,16,17,19)/b11-10+. The second-order valence-corrected chi connectivity index (χ2v) is 4.24. The van der Waals surface area contributed by atoms with E-state index in [1.165, 1.54) is 0 Å². The second-order valence-electron chi connectivity index (χ2n) is 4.24. The quantitative estimate of drug-likeness (QED) is 0.811. The molecule has 0 aliphatic heterocycles. The molecule has 0 spiro atoms. The Bertz CT molecular complexity index is 492. The molecule has 0 radical (unpaired) electrons. The van der Waals surface area contributed by atoms with Crippen LogP contribution >= 0.6 is 0 Å². The van der Waals surface area contributed by atoms with Crippen molar-refractivity contribution in [1.82, 2.24) is 5.32 Å². The highest BCUT2D eigenvalue weighted by Gasteiger charge is 2.06. The molecule has 5 nitrogen and oxygen atoms in total. The van der Waals surface area contributed by atoms with Crippen LogP contribution in [-0.2, 0) is 4.74 Å². The van der Waals surface area contributed by atoms with Gasteiger partial charge in [0, 0.05) is 11.9 Å². The molecule has 0 aromatic heterocycles. The summed E-state index contributed by atoms with van der Waals surface area (Å²) in [6.45, 7) is 6.04. The van der Waals surface area contributed by atoms with Crippen LogP contribution in [0.4, 0.5) is 10.5 Å². The molecule has 1 rings (SSSR count). The molecule has 20 heavy (non-hydrogen) atoms. The van der Waals surface area contributed by atoms with Crippen LogP contribution in [-0.4, -0.2) is 18.6 Å². The minimum absolute atomic E-state index is 0.318. The van der Waals surface area contributed by atoms with Gasteiger partial charge in [-0.2, -0.15) is 0 Å². The van der Waals surface area contributed by atoms with Crippen molar-refractivity contribution in [3.63, 3.8) is 0 Å². The van der Waals surface area contributed by atoms with Crippen molar-refractivity contribution >= 4 is 17.7 Å². The average molecular weight is 276 g/mol. The maximum atomic E-state index is 11.6. The van der Waals surface area contributed by atoms with E-state index in [4.69, 9.17) is 4.74 Å². The molecule has 2 amide bonds. The zero-order valence-corrected chi connectivity index (χ0v) is 12.0. The Hall–Kier alpha value is -2.30. The Labute approximate surface area is 119 Å². The van der Waals surface area contributed by atoms with Crippen molar-refractivity contribution < 1.29 is 14.3 Å². The number of anilines is 1. The normalized spacial score (nSPS) is 10.8. The van der Waals surface area contributed by atoms with Gasteiger partial charge in [0.2, 0.25) is 0 Å². The average Bonchev–Trinajstić information content (AvgIpc) is 2.45. The van der Waals surface area contributed by atoms with Crippen LogP contribution in [0, 0.1) is 0 Å². The van der Waals surface area contributed by atoms with Gasteiger partial charge in [0.15, 0.2) is 0 Å². The number of esters is 1. The van der Waals surface area contributed by atoms with E-state index >= 15 is 0 Å². The predicted molar refractivity (Wildman–Crippen MR) is 78.6 cm³/mol. The molecular weight excluding hydrogens is 256 g/mol. The highest BCUT2D eigenvalue weighted by molar-refractivity contribution is 5.92. The first-order chi connectivity index (χ1) is 9.56. The zero-order chi connectivity index (χ0) is 15.0. The number of hydrogen-bond donors (Lipinski definition) is 2. The lowest BCUT2D eigenvalue weighted by Gasteiger charge is -2.06. The molecule has 0 atom stereocenters. The Morgan fingerprint density at radius 2 is 1.85 bits per heavy atom. The van der Waals surface area contributed by atoms with Crippen LogP contribution in [0.2, 0.25) is 0 Å². The van der Waals surface area contributed by atoms with E-state index in [1.54, 1.807) is 37.4 Å². The smallest absolute Gasteiger partial charge is 0.338 e. The number of ether oxygens (including phenoxy) is 1. The Morgan fingerprint density at radius 3 is 2.40 bits per heavy atom. The summed E-state index contributed by atoms with van der Waals surface area (Å²) in [6, 6.07) is 6.22. The Balaban J connectivity index is 2.57. The van der Waals surface area contributed by atoms with Gasteiger partial charge in [-0.15, -0.1) is 0 Å². The largest absolute Gasteiger partial charge is 0.462 e. The van der Waals surface area contributed by atoms with Crippen LogP contribution in [0.1, 0.15) is 37.6 Å². The Kier molecular flexibility index (Phi) is 6.29. The lowest BCUT2D eigenvalue weighted by molar-refractivity contribution is 0.0526. The number of rotatable bonds is 5. The number of hydrogen-bond acceptors (Lipinski definition) is 3. The summed E-state index contributed by atoms with van der Waals surface area (Å²) in [5.74, 6) is -0.370. The van der Waals surface area contributed by atoms with E-state index in [2.05, 4.69) is 10.6 Å². The van der Waals surface area contributed by atoms with Gasteiger partial charge >= 0.3 is 12.0 Å². The van der Waals surface area contributed by atoms with Gasteiger partial charge in [-0.25, -0.2) is 9.59 Å². The molecule has 1 aromatic carbocycles. The number of amides is 2. The van der Waals surface area contributed by atoms with Crippen LogP contribution in [0.5, 0.6) is 0 Å². The number of benzene rings is 1. The van der Waals surface area contributed by atoms with Crippen LogP contribution in [0.3, 0.4) is 0 Å². The molecular formula is C15H20N2O3. The molecule has 108 valence electrons. The van der Waals surface area contributed by atoms with E-state index in [0.717, 1.165) is 12.0 Å². The molecule has 2 N–H and O–H groups in total. The summed E-state index contributed by atoms with van der Waals surface area (Å²) in [5.41, 5.74) is 2.15. The molecule has 0 unspecified atom stereocenters. The van der Waals surface area contributed by atoms with E-state index in [0.29, 0.717) is 17.9 Å². The van der Waals surface area contributed by atoms with Crippen molar-refractivity contribution in [2.75, 3.05) is 11.9 Å². The Morgan fingerprint density at radius 1 is 1.20 bits per heavy atom. The van der Waals surface area contributed by atoms with Gasteiger partial charge in [-0.05, 0) is 44.5 Å². The lowest BCUT2D eigenvalue weighted by atomic mass is 10.2. The topological polar surface area (TPSA) is 67.4 Å². The minimum atomic E-state index is -0.370. The van der Waals surface area contributed by atoms with Crippen molar-refractivity contribution in [2.45, 2.75) is 27.2 Å². The van der Waals surface area contributed by atoms with Gasteiger partial charge < -0.3 is 15.4 Å². The second kappa shape index (κ2) is 7.99. The number of urea groups is 1. The molecule has 0 saturated heterocycles. The van der Waals surface area contributed by atoms with Gasteiger partial charge in [0.05, 0.1) is 12.2 Å². The van der Waals surface area contributed by atoms with Crippen molar-refractivity contribution in [3.05, 3.63) is 41.6 Å². The first-order valence-corrected chi connectivity index (χ1v) is 6.57. The predicted octanol–water partition coefficient (Wildman–Crippen LogP) is 3.30. The van der Waals surface area contributed by atoms with E-state index < -0.39 is 0 Å². The summed E-state index contributed by atoms with van der Waals surface area (Å²) in [5, 5.41) is 5.31. The molecule has 0 heterocycles. The number of carbonyl (C=O) groups excluding carboxylic acids is 2.